The zero-order chi connectivity index (χ0) is 21.9. The monoisotopic (exact) mass is 432 g/mol. The van der Waals surface area contributed by atoms with Crippen LogP contribution in [0.3, 0.4) is 0 Å². The first kappa shape index (κ1) is 23.5. The van der Waals surface area contributed by atoms with E-state index in [9.17, 15) is 9.59 Å². The van der Waals surface area contributed by atoms with E-state index in [4.69, 9.17) is 21.1 Å². The molecule has 162 valence electrons. The molecule has 0 bridgehead atoms. The van der Waals surface area contributed by atoms with Gasteiger partial charge in [-0.3, -0.25) is 9.59 Å². The third kappa shape index (κ3) is 7.59. The highest BCUT2D eigenvalue weighted by Gasteiger charge is 2.12. The molecule has 7 heteroatoms. The van der Waals surface area contributed by atoms with Crippen LogP contribution < -0.4 is 14.8 Å². The van der Waals surface area contributed by atoms with E-state index < -0.39 is 0 Å². The maximum absolute atomic E-state index is 12.1. The lowest BCUT2D eigenvalue weighted by Gasteiger charge is -2.19. The van der Waals surface area contributed by atoms with E-state index >= 15 is 0 Å². The minimum absolute atomic E-state index is 0.0754. The molecular weight excluding hydrogens is 404 g/mol. The number of likely N-dealkylation sites (N-methyl/N-ethyl adjacent to an activating group) is 1. The fourth-order valence-electron chi connectivity index (χ4n) is 2.85. The Morgan fingerprint density at radius 3 is 2.50 bits per heavy atom. The summed E-state index contributed by atoms with van der Waals surface area (Å²) in [7, 11) is 0. The van der Waals surface area contributed by atoms with E-state index in [0.717, 1.165) is 11.3 Å². The van der Waals surface area contributed by atoms with E-state index in [1.54, 1.807) is 23.1 Å². The maximum Gasteiger partial charge on any atom is 0.260 e. The van der Waals surface area contributed by atoms with Gasteiger partial charge in [0.25, 0.3) is 5.91 Å². The van der Waals surface area contributed by atoms with Crippen molar-refractivity contribution in [3.63, 3.8) is 0 Å². The minimum Gasteiger partial charge on any atom is -0.494 e. The lowest BCUT2D eigenvalue weighted by atomic mass is 10.2. The van der Waals surface area contributed by atoms with Crippen LogP contribution >= 0.6 is 11.6 Å². The zero-order valence-corrected chi connectivity index (χ0v) is 18.5. The van der Waals surface area contributed by atoms with Gasteiger partial charge >= 0.3 is 0 Å². The number of halogens is 1. The number of carbonyl (C=O) groups is 2. The first-order chi connectivity index (χ1) is 14.4. The second-order valence-electron chi connectivity index (χ2n) is 6.82. The normalized spacial score (nSPS) is 10.4. The van der Waals surface area contributed by atoms with Gasteiger partial charge in [0.1, 0.15) is 11.5 Å². The van der Waals surface area contributed by atoms with E-state index in [0.29, 0.717) is 49.0 Å². The summed E-state index contributed by atoms with van der Waals surface area (Å²) in [6.07, 6.45) is 0.933. The highest BCUT2D eigenvalue weighted by molar-refractivity contribution is 6.32. The molecule has 6 nitrogen and oxygen atoms in total. The summed E-state index contributed by atoms with van der Waals surface area (Å²) >= 11 is 6.23. The van der Waals surface area contributed by atoms with Crippen molar-refractivity contribution in [1.29, 1.82) is 0 Å². The molecule has 0 radical (unpaired) electrons. The predicted octanol–water partition coefficient (Wildman–Crippen LogP) is 4.69. The van der Waals surface area contributed by atoms with Crippen molar-refractivity contribution in [2.45, 2.75) is 33.6 Å². The van der Waals surface area contributed by atoms with Crippen molar-refractivity contribution in [2.75, 3.05) is 31.6 Å². The quantitative estimate of drug-likeness (QED) is 0.523. The summed E-state index contributed by atoms with van der Waals surface area (Å²) in [4.78, 5) is 25.9. The van der Waals surface area contributed by atoms with Gasteiger partial charge in [-0.25, -0.2) is 0 Å². The van der Waals surface area contributed by atoms with Crippen LogP contribution in [0.5, 0.6) is 11.5 Å². The van der Waals surface area contributed by atoms with Crippen LogP contribution in [0.4, 0.5) is 5.69 Å². The number of ether oxygens (including phenoxy) is 2. The molecule has 0 saturated heterocycles. The van der Waals surface area contributed by atoms with Crippen molar-refractivity contribution in [3.05, 3.63) is 53.1 Å². The highest BCUT2D eigenvalue weighted by Crippen LogP contribution is 2.28. The van der Waals surface area contributed by atoms with Crippen molar-refractivity contribution < 1.29 is 19.1 Å². The van der Waals surface area contributed by atoms with Gasteiger partial charge < -0.3 is 19.7 Å². The molecule has 0 heterocycles. The van der Waals surface area contributed by atoms with Gasteiger partial charge in [-0.15, -0.1) is 0 Å². The van der Waals surface area contributed by atoms with Crippen LogP contribution in [0.15, 0.2) is 42.5 Å². The molecule has 30 heavy (non-hydrogen) atoms. The second kappa shape index (κ2) is 12.1. The number of nitrogens with zero attached hydrogens (tertiary/aromatic N) is 1. The molecule has 1 N–H and O–H groups in total. The first-order valence-electron chi connectivity index (χ1n) is 10.1. The molecule has 2 aromatic rings. The number of carbonyl (C=O) groups excluding carboxylic acids is 2. The third-order valence-corrected chi connectivity index (χ3v) is 4.78. The molecule has 0 aliphatic carbocycles. The smallest absolute Gasteiger partial charge is 0.260 e. The molecule has 0 atom stereocenters. The molecule has 0 spiro atoms. The second-order valence-corrected chi connectivity index (χ2v) is 7.22. The summed E-state index contributed by atoms with van der Waals surface area (Å²) < 4.78 is 11.2. The maximum atomic E-state index is 12.1. The number of aryl methyl sites for hydroxylation is 1. The van der Waals surface area contributed by atoms with Crippen molar-refractivity contribution in [3.8, 4) is 11.5 Å². The van der Waals surface area contributed by atoms with Gasteiger partial charge in [0, 0.05) is 25.2 Å². The summed E-state index contributed by atoms with van der Waals surface area (Å²) in [5.41, 5.74) is 1.71. The highest BCUT2D eigenvalue weighted by atomic mass is 35.5. The molecular formula is C23H29ClN2O4. The Morgan fingerprint density at radius 2 is 1.83 bits per heavy atom. The molecule has 0 aliphatic rings. The molecule has 0 aliphatic heterocycles. The standard InChI is InChI=1S/C23H29ClN2O4/c1-4-26(5-2)23(28)16-30-21-12-11-18(15-20(21)24)25-22(27)10-7-13-29-19-9-6-8-17(3)14-19/h6,8-9,11-12,14-15H,4-5,7,10,13,16H2,1-3H3,(H,25,27). The number of hydrogen-bond acceptors (Lipinski definition) is 4. The van der Waals surface area contributed by atoms with Gasteiger partial charge in [-0.1, -0.05) is 23.7 Å². The van der Waals surface area contributed by atoms with Crippen LogP contribution in [0.25, 0.3) is 0 Å². The molecule has 0 unspecified atom stereocenters. The van der Waals surface area contributed by atoms with Gasteiger partial charge in [0.2, 0.25) is 5.91 Å². The molecule has 2 aromatic carbocycles. The van der Waals surface area contributed by atoms with Gasteiger partial charge in [-0.2, -0.15) is 0 Å². The largest absolute Gasteiger partial charge is 0.494 e. The Morgan fingerprint density at radius 1 is 1.07 bits per heavy atom. The van der Waals surface area contributed by atoms with Gasteiger partial charge in [0.05, 0.1) is 11.6 Å². The number of rotatable bonds is 11. The zero-order valence-electron chi connectivity index (χ0n) is 17.7. The van der Waals surface area contributed by atoms with E-state index in [1.165, 1.54) is 0 Å². The van der Waals surface area contributed by atoms with E-state index in [2.05, 4.69) is 5.32 Å². The summed E-state index contributed by atoms with van der Waals surface area (Å²) in [6, 6.07) is 12.8. The molecule has 2 rings (SSSR count). The SMILES string of the molecule is CCN(CC)C(=O)COc1ccc(NC(=O)CCCOc2cccc(C)c2)cc1Cl. The van der Waals surface area contributed by atoms with Crippen LogP contribution in [0, 0.1) is 6.92 Å². The number of hydrogen-bond donors (Lipinski definition) is 1. The lowest BCUT2D eigenvalue weighted by molar-refractivity contribution is -0.133. The topological polar surface area (TPSA) is 67.9 Å². The Hall–Kier alpha value is -2.73. The Balaban J connectivity index is 1.76. The Labute approximate surface area is 183 Å². The van der Waals surface area contributed by atoms with Crippen LogP contribution in [0.1, 0.15) is 32.3 Å². The molecule has 2 amide bonds. The average Bonchev–Trinajstić information content (AvgIpc) is 2.71. The van der Waals surface area contributed by atoms with Crippen molar-refractivity contribution >= 4 is 29.1 Å². The minimum atomic E-state index is -0.121. The van der Waals surface area contributed by atoms with Gasteiger partial charge in [0.15, 0.2) is 6.61 Å². The summed E-state index contributed by atoms with van der Waals surface area (Å²) in [5, 5.41) is 3.15. The van der Waals surface area contributed by atoms with Gasteiger partial charge in [-0.05, 0) is 63.1 Å². The number of benzene rings is 2. The molecule has 0 aromatic heterocycles. The number of anilines is 1. The summed E-state index contributed by atoms with van der Waals surface area (Å²) in [5.74, 6) is 0.990. The van der Waals surface area contributed by atoms with Crippen molar-refractivity contribution in [1.82, 2.24) is 4.90 Å². The predicted molar refractivity (Wildman–Crippen MR) is 119 cm³/mol. The fraction of sp³-hybridized carbons (Fsp3) is 0.391. The number of amides is 2. The van der Waals surface area contributed by atoms with Crippen molar-refractivity contribution in [2.24, 2.45) is 0 Å². The first-order valence-corrected chi connectivity index (χ1v) is 10.5. The molecule has 0 fully saturated rings. The average molecular weight is 433 g/mol. The Bertz CT molecular complexity index is 853. The third-order valence-electron chi connectivity index (χ3n) is 4.49. The summed E-state index contributed by atoms with van der Waals surface area (Å²) in [6.45, 7) is 7.49. The lowest BCUT2D eigenvalue weighted by Crippen LogP contribution is -2.34. The Kier molecular flexibility index (Phi) is 9.48. The van der Waals surface area contributed by atoms with Crippen LogP contribution in [0.2, 0.25) is 5.02 Å². The molecule has 0 saturated carbocycles. The van der Waals surface area contributed by atoms with E-state index in [1.807, 2.05) is 45.0 Å². The number of nitrogens with one attached hydrogen (secondary N) is 1. The van der Waals surface area contributed by atoms with Crippen LogP contribution in [-0.4, -0.2) is 43.0 Å². The fourth-order valence-corrected chi connectivity index (χ4v) is 3.09. The van der Waals surface area contributed by atoms with Crippen LogP contribution in [-0.2, 0) is 9.59 Å². The van der Waals surface area contributed by atoms with E-state index in [-0.39, 0.29) is 18.4 Å².